The van der Waals surface area contributed by atoms with Gasteiger partial charge in [-0.3, -0.25) is 4.79 Å². The fourth-order valence-electron chi connectivity index (χ4n) is 2.73. The normalized spacial score (nSPS) is 20.0. The van der Waals surface area contributed by atoms with E-state index in [4.69, 9.17) is 5.73 Å². The van der Waals surface area contributed by atoms with E-state index in [2.05, 4.69) is 20.8 Å². The van der Waals surface area contributed by atoms with Crippen LogP contribution in [0.15, 0.2) is 0 Å². The van der Waals surface area contributed by atoms with Crippen LogP contribution in [0.3, 0.4) is 0 Å². The van der Waals surface area contributed by atoms with Crippen LogP contribution < -0.4 is 5.73 Å². The second-order valence-electron chi connectivity index (χ2n) is 7.01. The zero-order chi connectivity index (χ0) is 14.7. The van der Waals surface area contributed by atoms with Crippen LogP contribution in [0.1, 0.15) is 53.4 Å². The summed E-state index contributed by atoms with van der Waals surface area (Å²) in [5.41, 5.74) is 5.22. The lowest BCUT2D eigenvalue weighted by Crippen LogP contribution is -2.63. The fraction of sp³-hybridized carbons (Fsp3) is 0.933. The number of amides is 1. The van der Waals surface area contributed by atoms with Crippen molar-refractivity contribution in [3.8, 4) is 0 Å². The SMILES string of the molecule is CCC1(O)CN(C(=O)CCC(CCN)C(C)(C)C)C1. The molecule has 1 atom stereocenters. The van der Waals surface area contributed by atoms with Crippen LogP contribution in [0.4, 0.5) is 0 Å². The molecule has 0 aliphatic carbocycles. The maximum Gasteiger partial charge on any atom is 0.222 e. The fourth-order valence-corrected chi connectivity index (χ4v) is 2.73. The van der Waals surface area contributed by atoms with Gasteiger partial charge in [-0.05, 0) is 37.1 Å². The van der Waals surface area contributed by atoms with E-state index < -0.39 is 5.60 Å². The quantitative estimate of drug-likeness (QED) is 0.773. The molecule has 19 heavy (non-hydrogen) atoms. The van der Waals surface area contributed by atoms with Crippen LogP contribution >= 0.6 is 0 Å². The maximum absolute atomic E-state index is 12.0. The molecule has 1 unspecified atom stereocenters. The van der Waals surface area contributed by atoms with Crippen molar-refractivity contribution in [3.63, 3.8) is 0 Å². The molecule has 1 heterocycles. The van der Waals surface area contributed by atoms with Gasteiger partial charge in [-0.2, -0.15) is 0 Å². The van der Waals surface area contributed by atoms with Gasteiger partial charge < -0.3 is 15.7 Å². The molecule has 3 N–H and O–H groups in total. The number of hydrogen-bond acceptors (Lipinski definition) is 3. The van der Waals surface area contributed by atoms with E-state index in [1.54, 1.807) is 4.90 Å². The van der Waals surface area contributed by atoms with Crippen molar-refractivity contribution in [2.75, 3.05) is 19.6 Å². The average Bonchev–Trinajstić information content (AvgIpc) is 2.28. The Morgan fingerprint density at radius 1 is 1.37 bits per heavy atom. The van der Waals surface area contributed by atoms with Crippen molar-refractivity contribution < 1.29 is 9.90 Å². The summed E-state index contributed by atoms with van der Waals surface area (Å²) in [5.74, 6) is 0.650. The first-order chi connectivity index (χ1) is 8.72. The van der Waals surface area contributed by atoms with Crippen molar-refractivity contribution in [1.29, 1.82) is 0 Å². The zero-order valence-corrected chi connectivity index (χ0v) is 12.9. The molecule has 1 aliphatic rings. The van der Waals surface area contributed by atoms with E-state index in [9.17, 15) is 9.90 Å². The molecule has 1 amide bonds. The van der Waals surface area contributed by atoms with E-state index in [1.807, 2.05) is 6.92 Å². The summed E-state index contributed by atoms with van der Waals surface area (Å²) in [5, 5.41) is 9.92. The number of β-amino-alcohol motifs (C(OH)–C–C–N with tert-alkyl or cyclic N) is 1. The summed E-state index contributed by atoms with van der Waals surface area (Å²) < 4.78 is 0. The Hall–Kier alpha value is -0.610. The van der Waals surface area contributed by atoms with Gasteiger partial charge in [0.2, 0.25) is 5.91 Å². The van der Waals surface area contributed by atoms with Gasteiger partial charge in [-0.15, -0.1) is 0 Å². The van der Waals surface area contributed by atoms with Gasteiger partial charge in [0.1, 0.15) is 0 Å². The first-order valence-electron chi connectivity index (χ1n) is 7.42. The standard InChI is InChI=1S/C15H30N2O2/c1-5-15(19)10-17(11-15)13(18)7-6-12(8-9-16)14(2,3)4/h12,19H,5-11,16H2,1-4H3. The van der Waals surface area contributed by atoms with Crippen LogP contribution in [0, 0.1) is 11.3 Å². The molecule has 0 aromatic rings. The predicted molar refractivity (Wildman–Crippen MR) is 77.7 cm³/mol. The minimum Gasteiger partial charge on any atom is -0.386 e. The van der Waals surface area contributed by atoms with Gasteiger partial charge in [0.15, 0.2) is 0 Å². The van der Waals surface area contributed by atoms with Crippen molar-refractivity contribution >= 4 is 5.91 Å². The Kier molecular flexibility index (Phi) is 5.39. The first-order valence-corrected chi connectivity index (χ1v) is 7.42. The van der Waals surface area contributed by atoms with Crippen molar-refractivity contribution in [2.24, 2.45) is 17.1 Å². The van der Waals surface area contributed by atoms with E-state index in [0.717, 1.165) is 12.8 Å². The molecule has 4 heteroatoms. The highest BCUT2D eigenvalue weighted by atomic mass is 16.3. The summed E-state index contributed by atoms with van der Waals surface area (Å²) in [4.78, 5) is 13.8. The van der Waals surface area contributed by atoms with Gasteiger partial charge in [-0.25, -0.2) is 0 Å². The van der Waals surface area contributed by atoms with E-state index in [0.29, 0.717) is 38.4 Å². The Morgan fingerprint density at radius 2 is 1.95 bits per heavy atom. The number of carbonyl (C=O) groups excluding carboxylic acids is 1. The Bertz CT molecular complexity index is 304. The molecule has 1 saturated heterocycles. The van der Waals surface area contributed by atoms with Crippen LogP contribution in [0.25, 0.3) is 0 Å². The third-order valence-corrected chi connectivity index (χ3v) is 4.43. The van der Waals surface area contributed by atoms with Gasteiger partial charge in [0, 0.05) is 6.42 Å². The van der Waals surface area contributed by atoms with E-state index >= 15 is 0 Å². The Balaban J connectivity index is 2.37. The summed E-state index contributed by atoms with van der Waals surface area (Å²) in [6.07, 6.45) is 3.15. The molecule has 0 spiro atoms. The Labute approximate surface area is 117 Å². The molecule has 1 rings (SSSR count). The smallest absolute Gasteiger partial charge is 0.222 e. The highest BCUT2D eigenvalue weighted by Gasteiger charge is 2.41. The molecule has 0 radical (unpaired) electrons. The first kappa shape index (κ1) is 16.4. The number of rotatable bonds is 6. The molecule has 0 aromatic heterocycles. The van der Waals surface area contributed by atoms with Crippen molar-refractivity contribution in [3.05, 3.63) is 0 Å². The molecule has 0 saturated carbocycles. The van der Waals surface area contributed by atoms with E-state index in [1.165, 1.54) is 0 Å². The van der Waals surface area contributed by atoms with E-state index in [-0.39, 0.29) is 11.3 Å². The highest BCUT2D eigenvalue weighted by molar-refractivity contribution is 5.77. The van der Waals surface area contributed by atoms with Crippen LogP contribution in [-0.4, -0.2) is 41.1 Å². The minimum absolute atomic E-state index is 0.171. The monoisotopic (exact) mass is 270 g/mol. The third-order valence-electron chi connectivity index (χ3n) is 4.43. The second-order valence-corrected chi connectivity index (χ2v) is 7.01. The Morgan fingerprint density at radius 3 is 2.37 bits per heavy atom. The molecule has 0 aromatic carbocycles. The average molecular weight is 270 g/mol. The molecule has 1 aliphatic heterocycles. The van der Waals surface area contributed by atoms with Crippen molar-refractivity contribution in [2.45, 2.75) is 59.0 Å². The lowest BCUT2D eigenvalue weighted by Gasteiger charge is -2.46. The number of hydrogen-bond donors (Lipinski definition) is 2. The number of nitrogens with zero attached hydrogens (tertiary/aromatic N) is 1. The van der Waals surface area contributed by atoms with Gasteiger partial charge in [0.25, 0.3) is 0 Å². The van der Waals surface area contributed by atoms with Gasteiger partial charge in [0.05, 0.1) is 18.7 Å². The predicted octanol–water partition coefficient (Wildman–Crippen LogP) is 1.76. The molecular weight excluding hydrogens is 240 g/mol. The maximum atomic E-state index is 12.0. The molecular formula is C15H30N2O2. The number of likely N-dealkylation sites (tertiary alicyclic amines) is 1. The summed E-state index contributed by atoms with van der Waals surface area (Å²) in [7, 11) is 0. The van der Waals surface area contributed by atoms with Crippen molar-refractivity contribution in [1.82, 2.24) is 4.90 Å². The molecule has 4 nitrogen and oxygen atoms in total. The topological polar surface area (TPSA) is 66.6 Å². The summed E-state index contributed by atoms with van der Waals surface area (Å²) in [6, 6.07) is 0. The lowest BCUT2D eigenvalue weighted by atomic mass is 9.76. The largest absolute Gasteiger partial charge is 0.386 e. The summed E-state index contributed by atoms with van der Waals surface area (Å²) in [6.45, 7) is 10.2. The molecule has 1 fully saturated rings. The summed E-state index contributed by atoms with van der Waals surface area (Å²) >= 11 is 0. The number of aliphatic hydroxyl groups is 1. The second kappa shape index (κ2) is 6.23. The highest BCUT2D eigenvalue weighted by Crippen LogP contribution is 2.33. The third kappa shape index (κ3) is 4.46. The van der Waals surface area contributed by atoms with Gasteiger partial charge >= 0.3 is 0 Å². The van der Waals surface area contributed by atoms with Crippen LogP contribution in [0.5, 0.6) is 0 Å². The molecule has 112 valence electrons. The minimum atomic E-state index is -0.629. The zero-order valence-electron chi connectivity index (χ0n) is 12.9. The lowest BCUT2D eigenvalue weighted by molar-refractivity contribution is -0.156. The number of carbonyl (C=O) groups is 1. The van der Waals surface area contributed by atoms with Crippen LogP contribution in [0.2, 0.25) is 0 Å². The van der Waals surface area contributed by atoms with Gasteiger partial charge in [-0.1, -0.05) is 27.7 Å². The molecule has 0 bridgehead atoms. The number of nitrogens with two attached hydrogens (primary N) is 1. The van der Waals surface area contributed by atoms with Crippen LogP contribution in [-0.2, 0) is 4.79 Å².